The van der Waals surface area contributed by atoms with Crippen molar-refractivity contribution in [3.63, 3.8) is 0 Å². The first-order chi connectivity index (χ1) is 7.10. The maximum atomic E-state index is 12.0. The Bertz CT molecular complexity index is 294. The van der Waals surface area contributed by atoms with E-state index in [9.17, 15) is 8.42 Å². The monoisotopic (exact) mass is 282 g/mol. The van der Waals surface area contributed by atoms with Gasteiger partial charge < -0.3 is 3.87 Å². The van der Waals surface area contributed by atoms with Crippen molar-refractivity contribution in [1.29, 1.82) is 0 Å². The van der Waals surface area contributed by atoms with Crippen LogP contribution in [0.4, 0.5) is 0 Å². The predicted octanol–water partition coefficient (Wildman–Crippen LogP) is 3.22. The second-order valence-electron chi connectivity index (χ2n) is 5.46. The van der Waals surface area contributed by atoms with Crippen LogP contribution >= 0.6 is 0 Å². The molecule has 0 atom stereocenters. The lowest BCUT2D eigenvalue weighted by molar-refractivity contribution is 0.490. The zero-order valence-corrected chi connectivity index (χ0v) is 14.3. The zero-order valence-electron chi connectivity index (χ0n) is 11.5. The summed E-state index contributed by atoms with van der Waals surface area (Å²) in [7, 11) is -6.95. The summed E-state index contributed by atoms with van der Waals surface area (Å²) >= 11 is 0. The van der Waals surface area contributed by atoms with Crippen LogP contribution in [-0.4, -0.2) is 30.2 Å². The van der Waals surface area contributed by atoms with Gasteiger partial charge in [0.2, 0.25) is 8.32 Å². The molecule has 0 radical (unpaired) electrons. The molecule has 6 heteroatoms. The summed E-state index contributed by atoms with van der Waals surface area (Å²) in [5, 5.41) is 0.299. The van der Waals surface area contributed by atoms with Crippen molar-refractivity contribution < 1.29 is 12.3 Å². The maximum absolute atomic E-state index is 12.0. The van der Waals surface area contributed by atoms with Gasteiger partial charge in [0.05, 0.1) is 13.5 Å². The summed E-state index contributed by atoms with van der Waals surface area (Å²) in [4.78, 5) is 0. The number of rotatable bonds is 7. The first-order valence-electron chi connectivity index (χ1n) is 6.03. The van der Waals surface area contributed by atoms with E-state index in [0.717, 1.165) is 18.1 Å². The molecule has 0 N–H and O–H groups in total. The zero-order chi connectivity index (χ0) is 13.0. The Morgan fingerprint density at radius 2 is 1.31 bits per heavy atom. The van der Waals surface area contributed by atoms with E-state index < -0.39 is 26.5 Å². The number of hydrogen-bond acceptors (Lipinski definition) is 3. The van der Waals surface area contributed by atoms with Gasteiger partial charge in [-0.2, -0.15) is 0 Å². The van der Waals surface area contributed by atoms with Gasteiger partial charge in [0.15, 0.2) is 0 Å². The Morgan fingerprint density at radius 1 is 0.938 bits per heavy atom. The van der Waals surface area contributed by atoms with Crippen LogP contribution in [-0.2, 0) is 14.0 Å². The summed E-state index contributed by atoms with van der Waals surface area (Å²) in [6, 6.07) is 3.07. The highest BCUT2D eigenvalue weighted by Crippen LogP contribution is 2.24. The quantitative estimate of drug-likeness (QED) is 0.673. The van der Waals surface area contributed by atoms with Gasteiger partial charge in [0, 0.05) is 0 Å². The van der Waals surface area contributed by atoms with Gasteiger partial charge in [-0.3, -0.25) is 0 Å². The van der Waals surface area contributed by atoms with Crippen molar-refractivity contribution in [2.45, 2.75) is 58.5 Å². The fourth-order valence-electron chi connectivity index (χ4n) is 1.84. The van der Waals surface area contributed by atoms with Crippen molar-refractivity contribution >= 4 is 26.5 Å². The highest BCUT2D eigenvalue weighted by atomic mass is 32.2. The standard InChI is InChI=1S/C10H26O3SSi2/c1-7-16(8-2,9-3)10-14(11,12)13-15(4,5)6/h7-10H2,1-6H3. The SMILES string of the molecule is CC[Si](CC)(CC)CS(=O)(=O)O[Si](C)(C)C. The molecule has 0 saturated carbocycles. The summed E-state index contributed by atoms with van der Waals surface area (Å²) in [6.45, 7) is 12.1. The molecule has 0 unspecified atom stereocenters. The molecule has 0 fully saturated rings. The molecule has 0 aliphatic rings. The van der Waals surface area contributed by atoms with Gasteiger partial charge in [0.1, 0.15) is 0 Å². The largest absolute Gasteiger partial charge is 0.316 e. The number of hydrogen-bond donors (Lipinski definition) is 0. The Labute approximate surface area is 103 Å². The maximum Gasteiger partial charge on any atom is 0.255 e. The lowest BCUT2D eigenvalue weighted by Crippen LogP contribution is -2.43. The topological polar surface area (TPSA) is 43.4 Å². The van der Waals surface area contributed by atoms with Crippen LogP contribution in [0, 0.1) is 0 Å². The average Bonchev–Trinajstić information content (AvgIpc) is 2.10. The van der Waals surface area contributed by atoms with E-state index in [2.05, 4.69) is 20.8 Å². The summed E-state index contributed by atoms with van der Waals surface area (Å²) in [5.74, 6) is 0. The normalized spacial score (nSPS) is 14.1. The van der Waals surface area contributed by atoms with Crippen LogP contribution in [0.3, 0.4) is 0 Å². The first kappa shape index (κ1) is 16.3. The molecule has 16 heavy (non-hydrogen) atoms. The molecule has 0 aromatic carbocycles. The molecule has 0 aromatic rings. The van der Waals surface area contributed by atoms with Crippen molar-refractivity contribution in [2.75, 3.05) is 5.38 Å². The van der Waals surface area contributed by atoms with Crippen molar-refractivity contribution in [1.82, 2.24) is 0 Å². The lowest BCUT2D eigenvalue weighted by atomic mass is 10.9. The van der Waals surface area contributed by atoms with Crippen LogP contribution in [0.2, 0.25) is 37.8 Å². The molecule has 0 amide bonds. The minimum atomic E-state index is -3.31. The minimum Gasteiger partial charge on any atom is -0.316 e. The fourth-order valence-corrected chi connectivity index (χ4v) is 12.6. The van der Waals surface area contributed by atoms with E-state index in [-0.39, 0.29) is 0 Å². The Morgan fingerprint density at radius 3 is 1.56 bits per heavy atom. The minimum absolute atomic E-state index is 0.299. The first-order valence-corrected chi connectivity index (χ1v) is 13.8. The van der Waals surface area contributed by atoms with Crippen molar-refractivity contribution in [3.05, 3.63) is 0 Å². The summed E-state index contributed by atoms with van der Waals surface area (Å²) in [6.07, 6.45) is 0. The lowest BCUT2D eigenvalue weighted by Gasteiger charge is -2.28. The molecule has 0 rings (SSSR count). The molecule has 0 spiro atoms. The van der Waals surface area contributed by atoms with Gasteiger partial charge in [-0.25, -0.2) is 8.42 Å². The van der Waals surface area contributed by atoms with Crippen LogP contribution in [0.5, 0.6) is 0 Å². The Kier molecular flexibility index (Phi) is 5.92. The Balaban J connectivity index is 4.81. The van der Waals surface area contributed by atoms with Crippen LogP contribution in [0.25, 0.3) is 0 Å². The average molecular weight is 283 g/mol. The molecule has 0 aliphatic carbocycles. The van der Waals surface area contributed by atoms with Gasteiger partial charge in [-0.15, -0.1) is 0 Å². The summed E-state index contributed by atoms with van der Waals surface area (Å²) < 4.78 is 29.3. The molecule has 0 aromatic heterocycles. The molecule has 98 valence electrons. The molecule has 3 nitrogen and oxygen atoms in total. The molecule has 0 saturated heterocycles. The molecule has 0 bridgehead atoms. The molecular weight excluding hydrogens is 256 g/mol. The van der Waals surface area contributed by atoms with Gasteiger partial charge in [0.25, 0.3) is 10.1 Å². The van der Waals surface area contributed by atoms with Gasteiger partial charge in [-0.1, -0.05) is 38.9 Å². The van der Waals surface area contributed by atoms with Gasteiger partial charge >= 0.3 is 0 Å². The van der Waals surface area contributed by atoms with E-state index in [1.807, 2.05) is 19.6 Å². The van der Waals surface area contributed by atoms with Crippen LogP contribution in [0.1, 0.15) is 20.8 Å². The van der Waals surface area contributed by atoms with Gasteiger partial charge in [-0.05, 0) is 19.6 Å². The third kappa shape index (κ3) is 5.61. The molecular formula is C10H26O3SSi2. The van der Waals surface area contributed by atoms with E-state index in [1.54, 1.807) is 0 Å². The predicted molar refractivity (Wildman–Crippen MR) is 75.4 cm³/mol. The van der Waals surface area contributed by atoms with Crippen LogP contribution in [0.15, 0.2) is 0 Å². The second-order valence-corrected chi connectivity index (χ2v) is 17.7. The highest BCUT2D eigenvalue weighted by molar-refractivity contribution is 7.89. The molecule has 0 heterocycles. The van der Waals surface area contributed by atoms with E-state index in [4.69, 9.17) is 3.87 Å². The third-order valence-corrected chi connectivity index (χ3v) is 14.5. The van der Waals surface area contributed by atoms with E-state index in [1.165, 1.54) is 0 Å². The van der Waals surface area contributed by atoms with Crippen LogP contribution < -0.4 is 0 Å². The van der Waals surface area contributed by atoms with Crippen molar-refractivity contribution in [3.8, 4) is 0 Å². The third-order valence-electron chi connectivity index (χ3n) is 3.11. The smallest absolute Gasteiger partial charge is 0.255 e. The highest BCUT2D eigenvalue weighted by Gasteiger charge is 2.35. The fraction of sp³-hybridized carbons (Fsp3) is 1.00. The summed E-state index contributed by atoms with van der Waals surface area (Å²) in [5.41, 5.74) is 0. The van der Waals surface area contributed by atoms with E-state index >= 15 is 0 Å². The Hall–Kier alpha value is 0.344. The molecule has 0 aliphatic heterocycles. The second kappa shape index (κ2) is 5.79. The van der Waals surface area contributed by atoms with Crippen molar-refractivity contribution in [2.24, 2.45) is 0 Å². The van der Waals surface area contributed by atoms with E-state index in [0.29, 0.717) is 5.38 Å².